The van der Waals surface area contributed by atoms with Crippen molar-refractivity contribution in [3.63, 3.8) is 0 Å². The summed E-state index contributed by atoms with van der Waals surface area (Å²) in [6.45, 7) is 3.25. The molecule has 0 aromatic carbocycles. The first-order valence-corrected chi connectivity index (χ1v) is 3.63. The molecule has 1 aliphatic rings. The van der Waals surface area contributed by atoms with Crippen LogP contribution in [0.2, 0.25) is 0 Å². The van der Waals surface area contributed by atoms with Crippen molar-refractivity contribution >= 4 is 23.2 Å². The summed E-state index contributed by atoms with van der Waals surface area (Å²) in [4.78, 5) is 14.3. The van der Waals surface area contributed by atoms with E-state index in [0.29, 0.717) is 11.7 Å². The summed E-state index contributed by atoms with van der Waals surface area (Å²) in [6.07, 6.45) is 0. The average Bonchev–Trinajstić information content (AvgIpc) is 2.17. The van der Waals surface area contributed by atoms with Gasteiger partial charge in [-0.25, -0.2) is 0 Å². The third-order valence-electron chi connectivity index (χ3n) is 1.64. The second kappa shape index (κ2) is 2.54. The molecule has 0 spiro atoms. The van der Waals surface area contributed by atoms with Crippen LogP contribution in [-0.2, 0) is 4.79 Å². The monoisotopic (exact) mass is 158 g/mol. The SMILES string of the molecule is CCN1CC(=O)N(C)C1=S. The molecule has 0 aromatic heterocycles. The Morgan fingerprint density at radius 2 is 2.30 bits per heavy atom. The molecule has 1 aliphatic heterocycles. The highest BCUT2D eigenvalue weighted by Gasteiger charge is 2.27. The van der Waals surface area contributed by atoms with Crippen molar-refractivity contribution in [3.8, 4) is 0 Å². The molecule has 0 N–H and O–H groups in total. The van der Waals surface area contributed by atoms with Crippen LogP contribution in [0, 0.1) is 0 Å². The number of likely N-dealkylation sites (N-methyl/N-ethyl adjacent to an activating group) is 2. The molecule has 1 heterocycles. The molecule has 0 aromatic rings. The van der Waals surface area contributed by atoms with E-state index in [4.69, 9.17) is 12.2 Å². The molecule has 1 saturated heterocycles. The van der Waals surface area contributed by atoms with Crippen molar-refractivity contribution < 1.29 is 4.79 Å². The minimum absolute atomic E-state index is 0.0897. The maximum Gasteiger partial charge on any atom is 0.248 e. The van der Waals surface area contributed by atoms with Gasteiger partial charge in [-0.1, -0.05) is 0 Å². The van der Waals surface area contributed by atoms with Crippen molar-refractivity contribution in [1.82, 2.24) is 9.80 Å². The van der Waals surface area contributed by atoms with E-state index >= 15 is 0 Å². The zero-order valence-electron chi connectivity index (χ0n) is 6.13. The number of nitrogens with zero attached hydrogens (tertiary/aromatic N) is 2. The van der Waals surface area contributed by atoms with Crippen LogP contribution in [0.5, 0.6) is 0 Å². The van der Waals surface area contributed by atoms with Gasteiger partial charge in [-0.05, 0) is 19.1 Å². The fourth-order valence-electron chi connectivity index (χ4n) is 0.903. The van der Waals surface area contributed by atoms with E-state index in [1.807, 2.05) is 11.8 Å². The van der Waals surface area contributed by atoms with E-state index in [1.165, 1.54) is 4.90 Å². The van der Waals surface area contributed by atoms with E-state index < -0.39 is 0 Å². The van der Waals surface area contributed by atoms with Crippen LogP contribution in [0.4, 0.5) is 0 Å². The zero-order valence-corrected chi connectivity index (χ0v) is 6.94. The molecule has 0 aliphatic carbocycles. The lowest BCUT2D eigenvalue weighted by atomic mass is 10.5. The Kier molecular flexibility index (Phi) is 1.89. The van der Waals surface area contributed by atoms with Crippen molar-refractivity contribution in [2.45, 2.75) is 6.92 Å². The second-order valence-corrected chi connectivity index (χ2v) is 2.61. The summed E-state index contributed by atoms with van der Waals surface area (Å²) < 4.78 is 0. The maximum atomic E-state index is 11.0. The van der Waals surface area contributed by atoms with Gasteiger partial charge in [0.1, 0.15) is 0 Å². The first-order chi connectivity index (χ1) is 4.66. The summed E-state index contributed by atoms with van der Waals surface area (Å²) in [5, 5.41) is 0.646. The van der Waals surface area contributed by atoms with Crippen LogP contribution in [0.1, 0.15) is 6.92 Å². The van der Waals surface area contributed by atoms with Crippen LogP contribution in [0.15, 0.2) is 0 Å². The van der Waals surface area contributed by atoms with E-state index in [1.54, 1.807) is 7.05 Å². The maximum absolute atomic E-state index is 11.0. The van der Waals surface area contributed by atoms with Crippen molar-refractivity contribution in [2.24, 2.45) is 0 Å². The van der Waals surface area contributed by atoms with Crippen LogP contribution >= 0.6 is 12.2 Å². The molecule has 1 amide bonds. The second-order valence-electron chi connectivity index (χ2n) is 2.25. The number of thiocarbonyl (C=S) groups is 1. The highest BCUT2D eigenvalue weighted by molar-refractivity contribution is 7.80. The lowest BCUT2D eigenvalue weighted by Gasteiger charge is -2.14. The molecule has 3 nitrogen and oxygen atoms in total. The summed E-state index contributed by atoms with van der Waals surface area (Å²) in [6, 6.07) is 0. The predicted molar refractivity (Wildman–Crippen MR) is 42.6 cm³/mol. The average molecular weight is 158 g/mol. The topological polar surface area (TPSA) is 23.6 Å². The molecule has 10 heavy (non-hydrogen) atoms. The fourth-order valence-corrected chi connectivity index (χ4v) is 1.20. The van der Waals surface area contributed by atoms with Crippen LogP contribution in [0.3, 0.4) is 0 Å². The van der Waals surface area contributed by atoms with Gasteiger partial charge in [0.2, 0.25) is 5.91 Å². The molecule has 0 atom stereocenters. The van der Waals surface area contributed by atoms with Gasteiger partial charge in [-0.3, -0.25) is 9.69 Å². The molecule has 4 heteroatoms. The highest BCUT2D eigenvalue weighted by Crippen LogP contribution is 2.06. The molecule has 0 unspecified atom stereocenters. The van der Waals surface area contributed by atoms with Gasteiger partial charge in [0.15, 0.2) is 5.11 Å². The first-order valence-electron chi connectivity index (χ1n) is 3.22. The summed E-state index contributed by atoms with van der Waals surface area (Å²) >= 11 is 4.97. The number of carbonyl (C=O) groups excluding carboxylic acids is 1. The van der Waals surface area contributed by atoms with E-state index in [2.05, 4.69) is 0 Å². The molecule has 0 bridgehead atoms. The Bertz CT molecular complexity index is 181. The van der Waals surface area contributed by atoms with Crippen molar-refractivity contribution in [3.05, 3.63) is 0 Å². The minimum Gasteiger partial charge on any atom is -0.340 e. The number of rotatable bonds is 1. The fraction of sp³-hybridized carbons (Fsp3) is 0.667. The molecule has 56 valence electrons. The minimum atomic E-state index is 0.0897. The van der Waals surface area contributed by atoms with Crippen LogP contribution in [-0.4, -0.2) is 41.0 Å². The number of amides is 1. The van der Waals surface area contributed by atoms with Gasteiger partial charge in [0.25, 0.3) is 0 Å². The standard InChI is InChI=1S/C6H10N2OS/c1-3-8-4-5(9)7(2)6(8)10/h3-4H2,1-2H3. The predicted octanol–water partition coefficient (Wildman–Crippen LogP) is 0.0652. The number of hydrogen-bond acceptors (Lipinski definition) is 2. The Hall–Kier alpha value is -0.640. The molecule has 0 radical (unpaired) electrons. The molecule has 1 fully saturated rings. The van der Waals surface area contributed by atoms with Gasteiger partial charge in [0.05, 0.1) is 6.54 Å². The Labute approximate surface area is 65.6 Å². The lowest BCUT2D eigenvalue weighted by Crippen LogP contribution is -2.29. The van der Waals surface area contributed by atoms with Crippen LogP contribution < -0.4 is 0 Å². The van der Waals surface area contributed by atoms with E-state index in [-0.39, 0.29) is 5.91 Å². The van der Waals surface area contributed by atoms with Crippen molar-refractivity contribution in [1.29, 1.82) is 0 Å². The van der Waals surface area contributed by atoms with E-state index in [9.17, 15) is 4.79 Å². The van der Waals surface area contributed by atoms with Crippen molar-refractivity contribution in [2.75, 3.05) is 20.1 Å². The summed E-state index contributed by atoms with van der Waals surface area (Å²) in [5.74, 6) is 0.0897. The summed E-state index contributed by atoms with van der Waals surface area (Å²) in [5.41, 5.74) is 0. The van der Waals surface area contributed by atoms with Gasteiger partial charge < -0.3 is 4.90 Å². The number of hydrogen-bond donors (Lipinski definition) is 0. The third-order valence-corrected chi connectivity index (χ3v) is 2.17. The van der Waals surface area contributed by atoms with Crippen LogP contribution in [0.25, 0.3) is 0 Å². The molecule has 1 rings (SSSR count). The normalized spacial score (nSPS) is 19.0. The van der Waals surface area contributed by atoms with Gasteiger partial charge in [0, 0.05) is 13.6 Å². The highest BCUT2D eigenvalue weighted by atomic mass is 32.1. The Balaban J connectivity index is 2.71. The Morgan fingerprint density at radius 3 is 2.50 bits per heavy atom. The number of carbonyl (C=O) groups is 1. The summed E-state index contributed by atoms with van der Waals surface area (Å²) in [7, 11) is 1.71. The largest absolute Gasteiger partial charge is 0.340 e. The van der Waals surface area contributed by atoms with Gasteiger partial charge >= 0.3 is 0 Å². The van der Waals surface area contributed by atoms with E-state index in [0.717, 1.165) is 6.54 Å². The smallest absolute Gasteiger partial charge is 0.248 e. The third kappa shape index (κ3) is 0.988. The lowest BCUT2D eigenvalue weighted by molar-refractivity contribution is -0.124. The zero-order chi connectivity index (χ0) is 7.72. The quantitative estimate of drug-likeness (QED) is 0.504. The van der Waals surface area contributed by atoms with Gasteiger partial charge in [-0.15, -0.1) is 0 Å². The molecule has 0 saturated carbocycles. The van der Waals surface area contributed by atoms with Gasteiger partial charge in [-0.2, -0.15) is 0 Å². The first kappa shape index (κ1) is 7.47. The molecular weight excluding hydrogens is 148 g/mol. The Morgan fingerprint density at radius 1 is 1.70 bits per heavy atom. The molecular formula is C6H10N2OS.